The van der Waals surface area contributed by atoms with E-state index in [1.807, 2.05) is 0 Å². The fourth-order valence-electron chi connectivity index (χ4n) is 2.41. The first-order chi connectivity index (χ1) is 10.9. The van der Waals surface area contributed by atoms with Crippen LogP contribution in [0.1, 0.15) is 18.8 Å². The van der Waals surface area contributed by atoms with Crippen molar-refractivity contribution < 1.29 is 8.78 Å². The summed E-state index contributed by atoms with van der Waals surface area (Å²) in [6, 6.07) is 6.94. The molecule has 0 aliphatic heterocycles. The molecule has 7 heteroatoms. The standard InChI is InChI=1S/C16H12ClF2N3O/c1-8(20)15-21-14-12(3-2-4-13(14)17)16(23)22(15)11-6-9(18)5-10(19)7-11/h2-8H,20H2,1H3/t8-/m0/s1. The van der Waals surface area contributed by atoms with Crippen LogP contribution >= 0.6 is 11.6 Å². The molecule has 0 saturated carbocycles. The van der Waals surface area contributed by atoms with E-state index in [-0.39, 0.29) is 16.9 Å². The minimum Gasteiger partial charge on any atom is -0.322 e. The molecular formula is C16H12ClF2N3O. The maximum absolute atomic E-state index is 13.5. The Kier molecular flexibility index (Phi) is 3.87. The van der Waals surface area contributed by atoms with E-state index in [0.717, 1.165) is 22.8 Å². The van der Waals surface area contributed by atoms with Crippen LogP contribution < -0.4 is 11.3 Å². The summed E-state index contributed by atoms with van der Waals surface area (Å²) in [6.45, 7) is 1.62. The van der Waals surface area contributed by atoms with Gasteiger partial charge in [0.15, 0.2) is 0 Å². The van der Waals surface area contributed by atoms with Crippen LogP contribution in [-0.4, -0.2) is 9.55 Å². The molecule has 4 nitrogen and oxygen atoms in total. The summed E-state index contributed by atoms with van der Waals surface area (Å²) in [6.07, 6.45) is 0. The predicted octanol–water partition coefficient (Wildman–Crippen LogP) is 3.34. The molecular weight excluding hydrogens is 324 g/mol. The summed E-state index contributed by atoms with van der Waals surface area (Å²) in [5.74, 6) is -1.43. The van der Waals surface area contributed by atoms with Crippen molar-refractivity contribution in [2.24, 2.45) is 5.73 Å². The third kappa shape index (κ3) is 2.71. The highest BCUT2D eigenvalue weighted by atomic mass is 35.5. The Morgan fingerprint density at radius 3 is 2.48 bits per heavy atom. The van der Waals surface area contributed by atoms with Gasteiger partial charge in [-0.1, -0.05) is 17.7 Å². The number of fused-ring (bicyclic) bond motifs is 1. The van der Waals surface area contributed by atoms with Gasteiger partial charge in [0.05, 0.1) is 27.7 Å². The molecule has 118 valence electrons. The van der Waals surface area contributed by atoms with Gasteiger partial charge in [0.1, 0.15) is 17.5 Å². The third-order valence-electron chi connectivity index (χ3n) is 3.39. The minimum atomic E-state index is -0.797. The smallest absolute Gasteiger partial charge is 0.266 e. The number of nitrogens with zero attached hydrogens (tertiary/aromatic N) is 2. The zero-order chi connectivity index (χ0) is 16.7. The maximum Gasteiger partial charge on any atom is 0.266 e. The fourth-order valence-corrected chi connectivity index (χ4v) is 2.63. The van der Waals surface area contributed by atoms with Gasteiger partial charge in [-0.05, 0) is 31.2 Å². The van der Waals surface area contributed by atoms with Crippen LogP contribution in [0.5, 0.6) is 0 Å². The van der Waals surface area contributed by atoms with Gasteiger partial charge in [0, 0.05) is 6.07 Å². The van der Waals surface area contributed by atoms with Crippen molar-refractivity contribution in [1.29, 1.82) is 0 Å². The van der Waals surface area contributed by atoms with Crippen LogP contribution in [0.2, 0.25) is 5.02 Å². The Bertz CT molecular complexity index is 949. The molecule has 1 heterocycles. The molecule has 0 saturated heterocycles. The molecule has 3 rings (SSSR count). The Labute approximate surface area is 135 Å². The molecule has 0 unspecified atom stereocenters. The van der Waals surface area contributed by atoms with Crippen molar-refractivity contribution >= 4 is 22.5 Å². The molecule has 3 aromatic rings. The summed E-state index contributed by atoms with van der Waals surface area (Å²) in [7, 11) is 0. The lowest BCUT2D eigenvalue weighted by molar-refractivity contribution is 0.579. The lowest BCUT2D eigenvalue weighted by Gasteiger charge is -2.16. The van der Waals surface area contributed by atoms with Crippen molar-refractivity contribution in [3.05, 3.63) is 69.2 Å². The van der Waals surface area contributed by atoms with Gasteiger partial charge in [0.25, 0.3) is 5.56 Å². The molecule has 0 spiro atoms. The van der Waals surface area contributed by atoms with Gasteiger partial charge in [-0.2, -0.15) is 0 Å². The molecule has 0 amide bonds. The van der Waals surface area contributed by atoms with E-state index in [1.54, 1.807) is 25.1 Å². The monoisotopic (exact) mass is 335 g/mol. The average Bonchev–Trinajstić information content (AvgIpc) is 2.46. The Morgan fingerprint density at radius 1 is 1.22 bits per heavy atom. The highest BCUT2D eigenvalue weighted by Gasteiger charge is 2.17. The number of nitrogens with two attached hydrogens (primary N) is 1. The molecule has 1 aromatic heterocycles. The highest BCUT2D eigenvalue weighted by Crippen LogP contribution is 2.23. The van der Waals surface area contributed by atoms with Crippen LogP contribution in [-0.2, 0) is 0 Å². The topological polar surface area (TPSA) is 60.9 Å². The van der Waals surface area contributed by atoms with Gasteiger partial charge in [-0.15, -0.1) is 0 Å². The van der Waals surface area contributed by atoms with E-state index >= 15 is 0 Å². The summed E-state index contributed by atoms with van der Waals surface area (Å²) in [5, 5.41) is 0.547. The first-order valence-corrected chi connectivity index (χ1v) is 7.19. The molecule has 1 atom stereocenters. The zero-order valence-corrected chi connectivity index (χ0v) is 12.8. The van der Waals surface area contributed by atoms with Gasteiger partial charge in [-0.3, -0.25) is 9.36 Å². The van der Waals surface area contributed by atoms with Crippen molar-refractivity contribution in [3.8, 4) is 5.69 Å². The summed E-state index contributed by atoms with van der Waals surface area (Å²) in [5.41, 5.74) is 5.72. The molecule has 2 N–H and O–H groups in total. The van der Waals surface area contributed by atoms with Gasteiger partial charge in [0.2, 0.25) is 0 Å². The molecule has 0 fully saturated rings. The van der Waals surface area contributed by atoms with Crippen molar-refractivity contribution in [2.45, 2.75) is 13.0 Å². The van der Waals surface area contributed by atoms with Crippen molar-refractivity contribution in [1.82, 2.24) is 9.55 Å². The molecule has 2 aromatic carbocycles. The first kappa shape index (κ1) is 15.6. The number of aromatic nitrogens is 2. The summed E-state index contributed by atoms with van der Waals surface area (Å²) >= 11 is 6.08. The summed E-state index contributed by atoms with van der Waals surface area (Å²) in [4.78, 5) is 17.1. The average molecular weight is 336 g/mol. The van der Waals surface area contributed by atoms with E-state index in [1.165, 1.54) is 0 Å². The van der Waals surface area contributed by atoms with E-state index in [4.69, 9.17) is 17.3 Å². The quantitative estimate of drug-likeness (QED) is 0.781. The second kappa shape index (κ2) is 5.72. The van der Waals surface area contributed by atoms with E-state index < -0.39 is 23.2 Å². The third-order valence-corrected chi connectivity index (χ3v) is 3.69. The maximum atomic E-state index is 13.5. The summed E-state index contributed by atoms with van der Waals surface area (Å²) < 4.78 is 28.2. The first-order valence-electron chi connectivity index (χ1n) is 6.81. The molecule has 23 heavy (non-hydrogen) atoms. The van der Waals surface area contributed by atoms with E-state index in [9.17, 15) is 13.6 Å². The fraction of sp³-hybridized carbons (Fsp3) is 0.125. The van der Waals surface area contributed by atoms with Crippen LogP contribution in [0.3, 0.4) is 0 Å². The SMILES string of the molecule is C[C@H](N)c1nc2c(Cl)cccc2c(=O)n1-c1cc(F)cc(F)c1. The minimum absolute atomic E-state index is 0.0224. The normalized spacial score (nSPS) is 12.6. The van der Waals surface area contributed by atoms with E-state index in [0.29, 0.717) is 10.5 Å². The Hall–Kier alpha value is -2.31. The predicted molar refractivity (Wildman–Crippen MR) is 84.9 cm³/mol. The molecule has 0 radical (unpaired) electrons. The van der Waals surface area contributed by atoms with Crippen LogP contribution in [0.15, 0.2) is 41.2 Å². The lowest BCUT2D eigenvalue weighted by atomic mass is 10.2. The van der Waals surface area contributed by atoms with Gasteiger partial charge < -0.3 is 5.73 Å². The Morgan fingerprint density at radius 2 is 1.87 bits per heavy atom. The second-order valence-electron chi connectivity index (χ2n) is 5.16. The molecule has 0 bridgehead atoms. The highest BCUT2D eigenvalue weighted by molar-refractivity contribution is 6.34. The van der Waals surface area contributed by atoms with Crippen LogP contribution in [0.4, 0.5) is 8.78 Å². The molecule has 0 aliphatic carbocycles. The number of rotatable bonds is 2. The van der Waals surface area contributed by atoms with Crippen LogP contribution in [0, 0.1) is 11.6 Å². The number of para-hydroxylation sites is 1. The second-order valence-corrected chi connectivity index (χ2v) is 5.57. The van der Waals surface area contributed by atoms with Gasteiger partial charge >= 0.3 is 0 Å². The lowest BCUT2D eigenvalue weighted by Crippen LogP contribution is -2.27. The van der Waals surface area contributed by atoms with Crippen LogP contribution in [0.25, 0.3) is 16.6 Å². The number of benzene rings is 2. The number of hydrogen-bond donors (Lipinski definition) is 1. The Balaban J connectivity index is 2.46. The molecule has 0 aliphatic rings. The zero-order valence-electron chi connectivity index (χ0n) is 12.1. The van der Waals surface area contributed by atoms with Crippen molar-refractivity contribution in [2.75, 3.05) is 0 Å². The largest absolute Gasteiger partial charge is 0.322 e. The van der Waals surface area contributed by atoms with Crippen molar-refractivity contribution in [3.63, 3.8) is 0 Å². The number of halogens is 3. The number of hydrogen-bond acceptors (Lipinski definition) is 3. The van der Waals surface area contributed by atoms with Gasteiger partial charge in [-0.25, -0.2) is 13.8 Å². The van der Waals surface area contributed by atoms with E-state index in [2.05, 4.69) is 4.98 Å².